The van der Waals surface area contributed by atoms with Crippen LogP contribution >= 0.6 is 12.4 Å². The second-order valence-corrected chi connectivity index (χ2v) is 5.34. The molecule has 0 aromatic heterocycles. The Hall–Kier alpha value is -1.46. The summed E-state index contributed by atoms with van der Waals surface area (Å²) in [6.07, 6.45) is 0.897. The second-order valence-electron chi connectivity index (χ2n) is 5.34. The van der Waals surface area contributed by atoms with E-state index in [4.69, 9.17) is 15.2 Å². The van der Waals surface area contributed by atoms with Crippen LogP contribution in [0, 0.1) is 0 Å². The number of hydrogen-bond donors (Lipinski definition) is 1. The quantitative estimate of drug-likeness (QED) is 0.899. The molecule has 2 atom stereocenters. The second kappa shape index (κ2) is 8.25. The van der Waals surface area contributed by atoms with Gasteiger partial charge in [-0.2, -0.15) is 0 Å². The predicted molar refractivity (Wildman–Crippen MR) is 89.0 cm³/mol. The van der Waals surface area contributed by atoms with E-state index in [0.717, 1.165) is 24.5 Å². The van der Waals surface area contributed by atoms with Crippen molar-refractivity contribution in [2.24, 2.45) is 5.73 Å². The van der Waals surface area contributed by atoms with Crippen molar-refractivity contribution in [3.63, 3.8) is 0 Å². The van der Waals surface area contributed by atoms with Crippen LogP contribution in [0.3, 0.4) is 0 Å². The molecule has 0 radical (unpaired) electrons. The average molecular weight is 329 g/mol. The number of rotatable bonds is 5. The van der Waals surface area contributed by atoms with Crippen molar-refractivity contribution in [2.75, 3.05) is 26.8 Å². The Labute approximate surface area is 138 Å². The summed E-state index contributed by atoms with van der Waals surface area (Å²) in [4.78, 5) is 13.6. The number of benzene rings is 1. The summed E-state index contributed by atoms with van der Waals surface area (Å²) in [5, 5.41) is 0. The molecule has 5 nitrogen and oxygen atoms in total. The molecule has 124 valence electrons. The molecule has 0 aliphatic carbocycles. The van der Waals surface area contributed by atoms with E-state index < -0.39 is 0 Å². The van der Waals surface area contributed by atoms with Gasteiger partial charge in [-0.1, -0.05) is 6.07 Å². The Morgan fingerprint density at radius 3 is 2.64 bits per heavy atom. The molecule has 2 N–H and O–H groups in total. The molecule has 0 unspecified atom stereocenters. The van der Waals surface area contributed by atoms with E-state index in [2.05, 4.69) is 0 Å². The van der Waals surface area contributed by atoms with Crippen molar-refractivity contribution in [2.45, 2.75) is 32.2 Å². The van der Waals surface area contributed by atoms with Gasteiger partial charge in [-0.15, -0.1) is 12.4 Å². The first-order valence-corrected chi connectivity index (χ1v) is 7.38. The molecule has 0 spiro atoms. The first kappa shape index (κ1) is 18.6. The van der Waals surface area contributed by atoms with Gasteiger partial charge in [0.2, 0.25) is 5.91 Å². The molecule has 6 heteroatoms. The van der Waals surface area contributed by atoms with Gasteiger partial charge < -0.3 is 20.1 Å². The van der Waals surface area contributed by atoms with Crippen LogP contribution in [0.2, 0.25) is 0 Å². The highest BCUT2D eigenvalue weighted by Crippen LogP contribution is 2.36. The fourth-order valence-electron chi connectivity index (χ4n) is 2.98. The van der Waals surface area contributed by atoms with Crippen molar-refractivity contribution in [1.82, 2.24) is 4.90 Å². The van der Waals surface area contributed by atoms with Gasteiger partial charge in [0.1, 0.15) is 0 Å². The molecule has 1 aliphatic heterocycles. The van der Waals surface area contributed by atoms with E-state index in [1.165, 1.54) is 5.56 Å². The molecular weight excluding hydrogens is 304 g/mol. The number of nitrogens with zero attached hydrogens (tertiary/aromatic N) is 1. The van der Waals surface area contributed by atoms with Crippen LogP contribution in [0.1, 0.15) is 31.7 Å². The van der Waals surface area contributed by atoms with E-state index >= 15 is 0 Å². The monoisotopic (exact) mass is 328 g/mol. The number of halogens is 1. The molecule has 0 bridgehead atoms. The maximum Gasteiger partial charge on any atom is 0.219 e. The standard InChI is InChI=1S/C16H24N2O3.ClH/c1-4-21-16-8-12(5-6-15(16)20-3)13-7-14(9-17)18(10-13)11(2)19;/h5-6,8,13-14H,4,7,9-10,17H2,1-3H3;1H/t13-,14-;/m1./s1. The normalized spacial score (nSPS) is 20.5. The minimum absolute atomic E-state index is 0. The third-order valence-electron chi connectivity index (χ3n) is 4.05. The van der Waals surface area contributed by atoms with E-state index in [1.54, 1.807) is 14.0 Å². The van der Waals surface area contributed by atoms with Gasteiger partial charge in [-0.05, 0) is 31.0 Å². The summed E-state index contributed by atoms with van der Waals surface area (Å²) < 4.78 is 10.9. The van der Waals surface area contributed by atoms with Gasteiger partial charge in [-0.3, -0.25) is 4.79 Å². The van der Waals surface area contributed by atoms with Crippen molar-refractivity contribution in [3.8, 4) is 11.5 Å². The van der Waals surface area contributed by atoms with Gasteiger partial charge in [0, 0.05) is 32.0 Å². The minimum atomic E-state index is 0. The fraction of sp³-hybridized carbons (Fsp3) is 0.562. The van der Waals surface area contributed by atoms with Crippen molar-refractivity contribution < 1.29 is 14.3 Å². The maximum absolute atomic E-state index is 11.7. The van der Waals surface area contributed by atoms with Crippen LogP contribution in [-0.2, 0) is 4.79 Å². The highest BCUT2D eigenvalue weighted by atomic mass is 35.5. The summed E-state index contributed by atoms with van der Waals surface area (Å²) in [5.41, 5.74) is 6.95. The van der Waals surface area contributed by atoms with Crippen molar-refractivity contribution >= 4 is 18.3 Å². The van der Waals surface area contributed by atoms with Crippen LogP contribution in [0.15, 0.2) is 18.2 Å². The number of amides is 1. The molecule has 1 heterocycles. The molecule has 22 heavy (non-hydrogen) atoms. The van der Waals surface area contributed by atoms with Crippen LogP contribution < -0.4 is 15.2 Å². The SMILES string of the molecule is CCOc1cc([C@@H]2C[C@H](CN)N(C(C)=O)C2)ccc1OC.Cl. The highest BCUT2D eigenvalue weighted by Gasteiger charge is 2.33. The molecule has 0 saturated carbocycles. The average Bonchev–Trinajstić information content (AvgIpc) is 2.92. The lowest BCUT2D eigenvalue weighted by atomic mass is 9.96. The number of hydrogen-bond acceptors (Lipinski definition) is 4. The van der Waals surface area contributed by atoms with Crippen molar-refractivity contribution in [1.29, 1.82) is 0 Å². The van der Waals surface area contributed by atoms with Crippen LogP contribution in [-0.4, -0.2) is 43.7 Å². The van der Waals surface area contributed by atoms with E-state index in [0.29, 0.717) is 19.1 Å². The number of nitrogens with two attached hydrogens (primary N) is 1. The summed E-state index contributed by atoms with van der Waals surface area (Å²) in [7, 11) is 1.63. The number of ether oxygens (including phenoxy) is 2. The Morgan fingerprint density at radius 1 is 1.41 bits per heavy atom. The van der Waals surface area contributed by atoms with Gasteiger partial charge in [0.25, 0.3) is 0 Å². The zero-order chi connectivity index (χ0) is 15.4. The molecule has 1 aromatic rings. The lowest BCUT2D eigenvalue weighted by Gasteiger charge is -2.21. The Morgan fingerprint density at radius 2 is 2.14 bits per heavy atom. The molecular formula is C16H25ClN2O3. The molecule has 1 fully saturated rings. The molecule has 2 rings (SSSR count). The summed E-state index contributed by atoms with van der Waals surface area (Å²) >= 11 is 0. The first-order valence-electron chi connectivity index (χ1n) is 7.38. The summed E-state index contributed by atoms with van der Waals surface area (Å²) in [5.74, 6) is 1.87. The third-order valence-corrected chi connectivity index (χ3v) is 4.05. The molecule has 1 amide bonds. The van der Waals surface area contributed by atoms with E-state index in [9.17, 15) is 4.79 Å². The van der Waals surface area contributed by atoms with Crippen LogP contribution in [0.25, 0.3) is 0 Å². The molecule has 1 saturated heterocycles. The lowest BCUT2D eigenvalue weighted by Crippen LogP contribution is -2.38. The fourth-order valence-corrected chi connectivity index (χ4v) is 2.98. The summed E-state index contributed by atoms with van der Waals surface area (Å²) in [6, 6.07) is 6.12. The number of carbonyl (C=O) groups excluding carboxylic acids is 1. The van der Waals surface area contributed by atoms with Crippen molar-refractivity contribution in [3.05, 3.63) is 23.8 Å². The van der Waals surface area contributed by atoms with Gasteiger partial charge in [0.15, 0.2) is 11.5 Å². The topological polar surface area (TPSA) is 64.8 Å². The smallest absolute Gasteiger partial charge is 0.219 e. The highest BCUT2D eigenvalue weighted by molar-refractivity contribution is 5.85. The first-order chi connectivity index (χ1) is 10.1. The lowest BCUT2D eigenvalue weighted by molar-refractivity contribution is -0.129. The Balaban J connectivity index is 0.00000242. The Kier molecular flexibility index (Phi) is 6.97. The maximum atomic E-state index is 11.7. The van der Waals surface area contributed by atoms with Crippen LogP contribution in [0.4, 0.5) is 0 Å². The third kappa shape index (κ3) is 3.84. The van der Waals surface area contributed by atoms with Crippen LogP contribution in [0.5, 0.6) is 11.5 Å². The minimum Gasteiger partial charge on any atom is -0.493 e. The largest absolute Gasteiger partial charge is 0.493 e. The van der Waals surface area contributed by atoms with Gasteiger partial charge in [-0.25, -0.2) is 0 Å². The predicted octanol–water partition coefficient (Wildman–Crippen LogP) is 2.18. The molecule has 1 aromatic carbocycles. The number of methoxy groups -OCH3 is 1. The van der Waals surface area contributed by atoms with E-state index in [-0.39, 0.29) is 24.4 Å². The molecule has 1 aliphatic rings. The summed E-state index contributed by atoms with van der Waals surface area (Å²) in [6.45, 7) is 5.36. The number of carbonyl (C=O) groups is 1. The Bertz CT molecular complexity index is 510. The zero-order valence-electron chi connectivity index (χ0n) is 13.4. The van der Waals surface area contributed by atoms with Gasteiger partial charge >= 0.3 is 0 Å². The van der Waals surface area contributed by atoms with Gasteiger partial charge in [0.05, 0.1) is 13.7 Å². The van der Waals surface area contributed by atoms with E-state index in [1.807, 2.05) is 30.0 Å². The number of likely N-dealkylation sites (tertiary alicyclic amines) is 1. The zero-order valence-corrected chi connectivity index (χ0v) is 14.2.